The third-order valence-electron chi connectivity index (χ3n) is 2.31. The van der Waals surface area contributed by atoms with Crippen LogP contribution in [0.4, 0.5) is 5.82 Å². The second kappa shape index (κ2) is 6.55. The summed E-state index contributed by atoms with van der Waals surface area (Å²) in [5.74, 6) is 0.811. The van der Waals surface area contributed by atoms with Crippen molar-refractivity contribution in [3.8, 4) is 0 Å². The van der Waals surface area contributed by atoms with Gasteiger partial charge in [-0.1, -0.05) is 20.8 Å². The van der Waals surface area contributed by atoms with Gasteiger partial charge in [0.1, 0.15) is 5.82 Å². The Labute approximate surface area is 104 Å². The predicted octanol–water partition coefficient (Wildman–Crippen LogP) is 2.86. The molecule has 0 saturated heterocycles. The number of rotatable bonds is 6. The van der Waals surface area contributed by atoms with Crippen LogP contribution in [0.15, 0.2) is 12.4 Å². The lowest BCUT2D eigenvalue weighted by atomic mass is 9.93. The van der Waals surface area contributed by atoms with Crippen LogP contribution in [0, 0.1) is 5.41 Å². The Morgan fingerprint density at radius 2 is 2.00 bits per heavy atom. The van der Waals surface area contributed by atoms with Gasteiger partial charge in [-0.25, -0.2) is 4.98 Å². The molecule has 0 atom stereocenters. The van der Waals surface area contributed by atoms with Gasteiger partial charge in [0.25, 0.3) is 0 Å². The lowest BCUT2D eigenvalue weighted by Gasteiger charge is -2.17. The highest BCUT2D eigenvalue weighted by atomic mass is 16.5. The SMILES string of the molecule is CCNc1cnc(COCCC(C)(C)C)cn1. The Bertz CT molecular complexity index is 316. The van der Waals surface area contributed by atoms with E-state index < -0.39 is 0 Å². The summed E-state index contributed by atoms with van der Waals surface area (Å²) >= 11 is 0. The maximum absolute atomic E-state index is 5.57. The van der Waals surface area contributed by atoms with E-state index in [9.17, 15) is 0 Å². The highest BCUT2D eigenvalue weighted by Crippen LogP contribution is 2.18. The first-order valence-corrected chi connectivity index (χ1v) is 6.14. The molecule has 1 rings (SSSR count). The number of hydrogen-bond acceptors (Lipinski definition) is 4. The Hall–Kier alpha value is -1.16. The molecule has 17 heavy (non-hydrogen) atoms. The van der Waals surface area contributed by atoms with E-state index in [0.29, 0.717) is 12.0 Å². The Morgan fingerprint density at radius 1 is 1.24 bits per heavy atom. The Morgan fingerprint density at radius 3 is 2.53 bits per heavy atom. The van der Waals surface area contributed by atoms with E-state index in [1.54, 1.807) is 12.4 Å². The van der Waals surface area contributed by atoms with Gasteiger partial charge in [-0.05, 0) is 18.8 Å². The van der Waals surface area contributed by atoms with Crippen molar-refractivity contribution in [2.24, 2.45) is 5.41 Å². The summed E-state index contributed by atoms with van der Waals surface area (Å²) in [6, 6.07) is 0. The van der Waals surface area contributed by atoms with E-state index >= 15 is 0 Å². The largest absolute Gasteiger partial charge is 0.375 e. The molecule has 0 bridgehead atoms. The van der Waals surface area contributed by atoms with Gasteiger partial charge in [-0.2, -0.15) is 0 Å². The van der Waals surface area contributed by atoms with Crippen molar-refractivity contribution in [1.29, 1.82) is 0 Å². The third kappa shape index (κ3) is 6.22. The van der Waals surface area contributed by atoms with Crippen LogP contribution < -0.4 is 5.32 Å². The molecule has 0 amide bonds. The molecular weight excluding hydrogens is 214 g/mol. The summed E-state index contributed by atoms with van der Waals surface area (Å²) in [7, 11) is 0. The number of nitrogens with zero attached hydrogens (tertiary/aromatic N) is 2. The second-order valence-corrected chi connectivity index (χ2v) is 5.29. The maximum Gasteiger partial charge on any atom is 0.144 e. The third-order valence-corrected chi connectivity index (χ3v) is 2.31. The first-order chi connectivity index (χ1) is 8.01. The zero-order valence-electron chi connectivity index (χ0n) is 11.3. The summed E-state index contributed by atoms with van der Waals surface area (Å²) < 4.78 is 5.57. The number of aromatic nitrogens is 2. The van der Waals surface area contributed by atoms with Crippen LogP contribution >= 0.6 is 0 Å². The minimum atomic E-state index is 0.320. The molecular formula is C13H23N3O. The van der Waals surface area contributed by atoms with E-state index in [2.05, 4.69) is 36.1 Å². The summed E-state index contributed by atoms with van der Waals surface area (Å²) in [6.45, 7) is 10.8. The minimum Gasteiger partial charge on any atom is -0.375 e. The highest BCUT2D eigenvalue weighted by Gasteiger charge is 2.09. The number of hydrogen-bond donors (Lipinski definition) is 1. The van der Waals surface area contributed by atoms with E-state index in [1.807, 2.05) is 6.92 Å². The smallest absolute Gasteiger partial charge is 0.144 e. The minimum absolute atomic E-state index is 0.320. The van der Waals surface area contributed by atoms with Crippen molar-refractivity contribution >= 4 is 5.82 Å². The van der Waals surface area contributed by atoms with Gasteiger partial charge in [0.05, 0.1) is 24.7 Å². The number of nitrogens with one attached hydrogen (secondary N) is 1. The van der Waals surface area contributed by atoms with E-state index in [1.165, 1.54) is 0 Å². The van der Waals surface area contributed by atoms with E-state index in [4.69, 9.17) is 4.74 Å². The van der Waals surface area contributed by atoms with Gasteiger partial charge in [-0.15, -0.1) is 0 Å². The van der Waals surface area contributed by atoms with Gasteiger partial charge in [-0.3, -0.25) is 4.98 Å². The van der Waals surface area contributed by atoms with Gasteiger partial charge in [0.2, 0.25) is 0 Å². The molecule has 0 spiro atoms. The normalized spacial score (nSPS) is 11.5. The van der Waals surface area contributed by atoms with Gasteiger partial charge < -0.3 is 10.1 Å². The Balaban J connectivity index is 2.27. The standard InChI is InChI=1S/C13H23N3O/c1-5-14-12-9-15-11(8-16-12)10-17-7-6-13(2,3)4/h8-9H,5-7,10H2,1-4H3,(H,14,16). The molecule has 0 aliphatic carbocycles. The first-order valence-electron chi connectivity index (χ1n) is 6.14. The van der Waals surface area contributed by atoms with E-state index in [-0.39, 0.29) is 0 Å². The first kappa shape index (κ1) is 13.9. The van der Waals surface area contributed by atoms with Gasteiger partial charge in [0, 0.05) is 13.2 Å². The fraction of sp³-hybridized carbons (Fsp3) is 0.692. The van der Waals surface area contributed by atoms with Gasteiger partial charge in [0.15, 0.2) is 0 Å². The van der Waals surface area contributed by atoms with Crippen LogP contribution in [-0.2, 0) is 11.3 Å². The van der Waals surface area contributed by atoms with Crippen LogP contribution in [0.25, 0.3) is 0 Å². The van der Waals surface area contributed by atoms with E-state index in [0.717, 1.165) is 31.1 Å². The molecule has 0 unspecified atom stereocenters. The predicted molar refractivity (Wildman–Crippen MR) is 69.9 cm³/mol. The van der Waals surface area contributed by atoms with Crippen molar-refractivity contribution in [1.82, 2.24) is 9.97 Å². The summed E-state index contributed by atoms with van der Waals surface area (Å²) in [6.07, 6.45) is 4.55. The highest BCUT2D eigenvalue weighted by molar-refractivity contribution is 5.30. The molecule has 96 valence electrons. The van der Waals surface area contributed by atoms with Crippen LogP contribution in [0.1, 0.15) is 39.8 Å². The average molecular weight is 237 g/mol. The molecule has 0 aliphatic rings. The van der Waals surface area contributed by atoms with Crippen molar-refractivity contribution in [3.63, 3.8) is 0 Å². The molecule has 1 N–H and O–H groups in total. The molecule has 0 fully saturated rings. The maximum atomic E-state index is 5.57. The van der Waals surface area contributed by atoms with Crippen LogP contribution in [0.3, 0.4) is 0 Å². The lowest BCUT2D eigenvalue weighted by Crippen LogP contribution is -2.10. The molecule has 1 aromatic rings. The molecule has 1 aromatic heterocycles. The van der Waals surface area contributed by atoms with Crippen LogP contribution in [0.2, 0.25) is 0 Å². The average Bonchev–Trinajstić information content (AvgIpc) is 2.26. The van der Waals surface area contributed by atoms with Crippen LogP contribution in [-0.4, -0.2) is 23.1 Å². The fourth-order valence-electron chi connectivity index (χ4n) is 1.26. The molecule has 4 heteroatoms. The zero-order valence-corrected chi connectivity index (χ0v) is 11.3. The quantitative estimate of drug-likeness (QED) is 0.773. The topological polar surface area (TPSA) is 47.0 Å². The summed E-state index contributed by atoms with van der Waals surface area (Å²) in [5.41, 5.74) is 1.20. The van der Waals surface area contributed by atoms with Gasteiger partial charge >= 0.3 is 0 Å². The summed E-state index contributed by atoms with van der Waals surface area (Å²) in [4.78, 5) is 8.52. The number of ether oxygens (including phenoxy) is 1. The van der Waals surface area contributed by atoms with Crippen molar-refractivity contribution in [3.05, 3.63) is 18.1 Å². The fourth-order valence-corrected chi connectivity index (χ4v) is 1.26. The summed E-state index contributed by atoms with van der Waals surface area (Å²) in [5, 5.41) is 3.11. The molecule has 4 nitrogen and oxygen atoms in total. The Kier molecular flexibility index (Phi) is 5.35. The lowest BCUT2D eigenvalue weighted by molar-refractivity contribution is 0.0939. The number of anilines is 1. The monoisotopic (exact) mass is 237 g/mol. The van der Waals surface area contributed by atoms with Crippen LogP contribution in [0.5, 0.6) is 0 Å². The molecule has 0 radical (unpaired) electrons. The van der Waals surface area contributed by atoms with Crippen molar-refractivity contribution < 1.29 is 4.74 Å². The second-order valence-electron chi connectivity index (χ2n) is 5.29. The molecule has 0 saturated carbocycles. The van der Waals surface area contributed by atoms with Crippen molar-refractivity contribution in [2.75, 3.05) is 18.5 Å². The molecule has 0 aliphatic heterocycles. The zero-order chi connectivity index (χ0) is 12.7. The molecule has 1 heterocycles. The van der Waals surface area contributed by atoms with Crippen molar-refractivity contribution in [2.45, 2.75) is 40.7 Å². The molecule has 0 aromatic carbocycles.